The molecule has 1 amide bonds. The van der Waals surface area contributed by atoms with Gasteiger partial charge in [0.2, 0.25) is 5.91 Å². The average Bonchev–Trinajstić information content (AvgIpc) is 2.43. The molecule has 0 heterocycles. The Morgan fingerprint density at radius 1 is 1.14 bits per heavy atom. The van der Waals surface area contributed by atoms with E-state index < -0.39 is 0 Å². The molecule has 0 aliphatic carbocycles. The van der Waals surface area contributed by atoms with Crippen molar-refractivity contribution in [2.24, 2.45) is 0 Å². The van der Waals surface area contributed by atoms with Gasteiger partial charge in [-0.25, -0.2) is 0 Å². The molecule has 1 aromatic rings. The molecule has 0 radical (unpaired) electrons. The lowest BCUT2D eigenvalue weighted by Crippen LogP contribution is -2.37. The second-order valence-electron chi connectivity index (χ2n) is 6.24. The van der Waals surface area contributed by atoms with Gasteiger partial charge in [0, 0.05) is 30.9 Å². The minimum absolute atomic E-state index is 0.0674. The maximum Gasteiger partial charge on any atom is 0.239 e. The maximum absolute atomic E-state index is 11.7. The van der Waals surface area contributed by atoms with Gasteiger partial charge in [-0.2, -0.15) is 0 Å². The maximum atomic E-state index is 11.7. The van der Waals surface area contributed by atoms with Crippen LogP contribution < -0.4 is 15.5 Å². The van der Waals surface area contributed by atoms with Crippen LogP contribution in [0.4, 0.5) is 5.69 Å². The number of nitrogens with one attached hydrogen (secondary N) is 2. The van der Waals surface area contributed by atoms with E-state index in [1.165, 1.54) is 5.56 Å². The molecule has 2 N–H and O–H groups in total. The largest absolute Gasteiger partial charge is 0.363 e. The van der Waals surface area contributed by atoms with E-state index in [1.54, 1.807) is 0 Å². The third kappa shape index (κ3) is 6.63. The topological polar surface area (TPSA) is 44.4 Å². The monoisotopic (exact) mass is 291 g/mol. The number of rotatable bonds is 7. The number of carbonyl (C=O) groups is 1. The van der Waals surface area contributed by atoms with Crippen LogP contribution in [-0.2, 0) is 11.3 Å². The van der Waals surface area contributed by atoms with Gasteiger partial charge >= 0.3 is 0 Å². The molecule has 4 heteroatoms. The standard InChI is InChI=1S/C17H29N3O/c1-6-18-16(21)13-20(7-2)15-10-8-14(9-11-15)12-19-17(3,4)5/h8-11,19H,6-7,12-13H2,1-5H3,(H,18,21). The number of likely N-dealkylation sites (N-methyl/N-ethyl adjacent to an activating group) is 2. The summed E-state index contributed by atoms with van der Waals surface area (Å²) >= 11 is 0. The average molecular weight is 291 g/mol. The molecule has 1 rings (SSSR count). The van der Waals surface area contributed by atoms with E-state index in [0.29, 0.717) is 13.1 Å². The summed E-state index contributed by atoms with van der Waals surface area (Å²) in [5.41, 5.74) is 2.46. The highest BCUT2D eigenvalue weighted by Gasteiger charge is 2.10. The Balaban J connectivity index is 2.64. The Hall–Kier alpha value is -1.55. The summed E-state index contributed by atoms with van der Waals surface area (Å²) in [5, 5.41) is 6.31. The smallest absolute Gasteiger partial charge is 0.239 e. The highest BCUT2D eigenvalue weighted by molar-refractivity contribution is 5.81. The molecular weight excluding hydrogens is 262 g/mol. The SMILES string of the molecule is CCNC(=O)CN(CC)c1ccc(CNC(C)(C)C)cc1. The Kier molecular flexibility index (Phi) is 6.69. The van der Waals surface area contributed by atoms with E-state index in [-0.39, 0.29) is 11.4 Å². The molecule has 0 bridgehead atoms. The van der Waals surface area contributed by atoms with Crippen molar-refractivity contribution in [2.75, 3.05) is 24.5 Å². The highest BCUT2D eigenvalue weighted by Crippen LogP contribution is 2.15. The molecule has 118 valence electrons. The van der Waals surface area contributed by atoms with Gasteiger partial charge in [0.25, 0.3) is 0 Å². The molecule has 1 aromatic carbocycles. The summed E-state index contributed by atoms with van der Waals surface area (Å²) in [4.78, 5) is 13.8. The first kappa shape index (κ1) is 17.5. The van der Waals surface area contributed by atoms with Crippen molar-refractivity contribution in [1.29, 1.82) is 0 Å². The number of anilines is 1. The number of hydrogen-bond donors (Lipinski definition) is 2. The molecule has 0 fully saturated rings. The van der Waals surface area contributed by atoms with Gasteiger partial charge in [-0.3, -0.25) is 4.79 Å². The first-order chi connectivity index (χ1) is 9.85. The zero-order valence-corrected chi connectivity index (χ0v) is 14.0. The van der Waals surface area contributed by atoms with Crippen LogP contribution in [0.2, 0.25) is 0 Å². The van der Waals surface area contributed by atoms with Gasteiger partial charge in [0.05, 0.1) is 6.54 Å². The molecule has 0 saturated heterocycles. The van der Waals surface area contributed by atoms with E-state index in [2.05, 4.69) is 67.5 Å². The quantitative estimate of drug-likeness (QED) is 0.811. The highest BCUT2D eigenvalue weighted by atomic mass is 16.2. The lowest BCUT2D eigenvalue weighted by atomic mass is 10.1. The van der Waals surface area contributed by atoms with Gasteiger partial charge in [0.1, 0.15) is 0 Å². The van der Waals surface area contributed by atoms with Crippen molar-refractivity contribution < 1.29 is 4.79 Å². The number of amides is 1. The lowest BCUT2D eigenvalue weighted by Gasteiger charge is -2.23. The molecular formula is C17H29N3O. The third-order valence-corrected chi connectivity index (χ3v) is 3.21. The first-order valence-corrected chi connectivity index (χ1v) is 7.71. The Bertz CT molecular complexity index is 434. The fraction of sp³-hybridized carbons (Fsp3) is 0.588. The van der Waals surface area contributed by atoms with E-state index in [1.807, 2.05) is 6.92 Å². The summed E-state index contributed by atoms with van der Waals surface area (Å²) in [7, 11) is 0. The van der Waals surface area contributed by atoms with Gasteiger partial charge in [-0.05, 0) is 52.3 Å². The number of nitrogens with zero attached hydrogens (tertiary/aromatic N) is 1. The summed E-state index contributed by atoms with van der Waals surface area (Å²) in [6.45, 7) is 13.2. The Morgan fingerprint density at radius 2 is 1.76 bits per heavy atom. The molecule has 0 atom stereocenters. The number of benzene rings is 1. The molecule has 0 saturated carbocycles. The van der Waals surface area contributed by atoms with Crippen LogP contribution in [0.1, 0.15) is 40.2 Å². The molecule has 0 spiro atoms. The van der Waals surface area contributed by atoms with E-state index >= 15 is 0 Å². The van der Waals surface area contributed by atoms with Gasteiger partial charge in [-0.1, -0.05) is 12.1 Å². The van der Waals surface area contributed by atoms with Crippen LogP contribution in [0, 0.1) is 0 Å². The van der Waals surface area contributed by atoms with Crippen LogP contribution in [0.3, 0.4) is 0 Å². The summed E-state index contributed by atoms with van der Waals surface area (Å²) in [6, 6.07) is 8.41. The van der Waals surface area contributed by atoms with Crippen LogP contribution in [0.25, 0.3) is 0 Å². The second-order valence-corrected chi connectivity index (χ2v) is 6.24. The van der Waals surface area contributed by atoms with E-state index in [9.17, 15) is 4.79 Å². The van der Waals surface area contributed by atoms with Crippen molar-refractivity contribution in [2.45, 2.75) is 46.7 Å². The predicted octanol–water partition coefficient (Wildman–Crippen LogP) is 2.54. The molecule has 0 aromatic heterocycles. The summed E-state index contributed by atoms with van der Waals surface area (Å²) in [6.07, 6.45) is 0. The first-order valence-electron chi connectivity index (χ1n) is 7.71. The molecule has 4 nitrogen and oxygen atoms in total. The second kappa shape index (κ2) is 8.03. The Labute approximate surface area is 128 Å². The van der Waals surface area contributed by atoms with Gasteiger partial charge < -0.3 is 15.5 Å². The zero-order chi connectivity index (χ0) is 15.9. The Morgan fingerprint density at radius 3 is 2.24 bits per heavy atom. The van der Waals surface area contributed by atoms with Crippen LogP contribution in [0.5, 0.6) is 0 Å². The number of hydrogen-bond acceptors (Lipinski definition) is 3. The van der Waals surface area contributed by atoms with Crippen molar-refractivity contribution in [3.63, 3.8) is 0 Å². The van der Waals surface area contributed by atoms with Crippen LogP contribution >= 0.6 is 0 Å². The predicted molar refractivity (Wildman–Crippen MR) is 89.6 cm³/mol. The van der Waals surface area contributed by atoms with Gasteiger partial charge in [-0.15, -0.1) is 0 Å². The fourth-order valence-corrected chi connectivity index (χ4v) is 2.00. The van der Waals surface area contributed by atoms with E-state index in [4.69, 9.17) is 0 Å². The fourth-order valence-electron chi connectivity index (χ4n) is 2.00. The lowest BCUT2D eigenvalue weighted by molar-refractivity contribution is -0.119. The van der Waals surface area contributed by atoms with Crippen molar-refractivity contribution in [3.8, 4) is 0 Å². The summed E-state index contributed by atoms with van der Waals surface area (Å²) < 4.78 is 0. The molecule has 0 aliphatic rings. The molecule has 0 aliphatic heterocycles. The van der Waals surface area contributed by atoms with Crippen molar-refractivity contribution in [3.05, 3.63) is 29.8 Å². The summed E-state index contributed by atoms with van der Waals surface area (Å²) in [5.74, 6) is 0.0674. The normalized spacial score (nSPS) is 11.3. The molecule has 0 unspecified atom stereocenters. The zero-order valence-electron chi connectivity index (χ0n) is 14.0. The van der Waals surface area contributed by atoms with E-state index in [0.717, 1.165) is 18.8 Å². The van der Waals surface area contributed by atoms with Crippen molar-refractivity contribution >= 4 is 11.6 Å². The van der Waals surface area contributed by atoms with Crippen LogP contribution in [-0.4, -0.2) is 31.1 Å². The minimum atomic E-state index is 0.0674. The molecule has 21 heavy (non-hydrogen) atoms. The van der Waals surface area contributed by atoms with Gasteiger partial charge in [0.15, 0.2) is 0 Å². The third-order valence-electron chi connectivity index (χ3n) is 3.21. The number of carbonyl (C=O) groups excluding carboxylic acids is 1. The van der Waals surface area contributed by atoms with Crippen molar-refractivity contribution in [1.82, 2.24) is 10.6 Å². The van der Waals surface area contributed by atoms with Crippen LogP contribution in [0.15, 0.2) is 24.3 Å². The minimum Gasteiger partial charge on any atom is -0.363 e.